The smallest absolute Gasteiger partial charge is 0.501 e. The van der Waals surface area contributed by atoms with E-state index in [4.69, 9.17) is 0 Å². The second-order valence-corrected chi connectivity index (χ2v) is 12.7. The van der Waals surface area contributed by atoms with Crippen molar-refractivity contribution in [2.24, 2.45) is 4.40 Å². The molecular weight excluding hydrogens is 501 g/mol. The van der Waals surface area contributed by atoms with Gasteiger partial charge in [-0.1, -0.05) is 20.8 Å². The number of anilines is 1. The Bertz CT molecular complexity index is 1390. The first-order valence-electron chi connectivity index (χ1n) is 9.40. The van der Waals surface area contributed by atoms with Gasteiger partial charge in [0.15, 0.2) is 5.84 Å². The fraction of sp³-hybridized carbons (Fsp3) is 0.350. The molecule has 13 heteroatoms. The molecule has 0 saturated carbocycles. The molecule has 1 aliphatic rings. The SMILES string of the molecule is CSc1cc(C(C)(C)C)c(O)c(C2=NS(=O)(=O)c3cc(S(=O)(=O)C(F)(F)F)ccc3N2)c1C. The highest BCUT2D eigenvalue weighted by Crippen LogP contribution is 2.42. The maximum absolute atomic E-state index is 12.9. The number of amidine groups is 1. The number of phenols is 1. The van der Waals surface area contributed by atoms with E-state index in [2.05, 4.69) is 9.71 Å². The van der Waals surface area contributed by atoms with E-state index in [1.54, 1.807) is 13.0 Å². The van der Waals surface area contributed by atoms with E-state index in [0.717, 1.165) is 11.0 Å². The van der Waals surface area contributed by atoms with Gasteiger partial charge < -0.3 is 10.4 Å². The zero-order chi connectivity index (χ0) is 25.1. The summed E-state index contributed by atoms with van der Waals surface area (Å²) in [6.45, 7) is 7.29. The lowest BCUT2D eigenvalue weighted by molar-refractivity contribution is -0.0436. The minimum atomic E-state index is -5.75. The van der Waals surface area contributed by atoms with Crippen LogP contribution in [0.1, 0.15) is 37.5 Å². The molecule has 2 aromatic carbocycles. The number of hydrogen-bond donors (Lipinski definition) is 2. The average Bonchev–Trinajstić information content (AvgIpc) is 2.65. The molecular formula is C20H21F3N2O5S3. The van der Waals surface area contributed by atoms with Crippen molar-refractivity contribution in [3.63, 3.8) is 0 Å². The number of benzene rings is 2. The Hall–Kier alpha value is -2.25. The van der Waals surface area contributed by atoms with Gasteiger partial charge in [-0.05, 0) is 48.4 Å². The van der Waals surface area contributed by atoms with Gasteiger partial charge in [0.05, 0.1) is 16.1 Å². The summed E-state index contributed by atoms with van der Waals surface area (Å²) in [4.78, 5) is -1.16. The van der Waals surface area contributed by atoms with E-state index in [9.17, 15) is 35.1 Å². The highest BCUT2D eigenvalue weighted by Gasteiger charge is 2.47. The fourth-order valence-electron chi connectivity index (χ4n) is 3.36. The first-order chi connectivity index (χ1) is 14.9. The van der Waals surface area contributed by atoms with Gasteiger partial charge in [0.25, 0.3) is 19.9 Å². The summed E-state index contributed by atoms with van der Waals surface area (Å²) in [5.74, 6) is -0.399. The third-order valence-corrected chi connectivity index (χ3v) is 8.75. The average molecular weight is 523 g/mol. The Morgan fingerprint density at radius 2 is 1.73 bits per heavy atom. The van der Waals surface area contributed by atoms with Crippen molar-refractivity contribution in [3.8, 4) is 5.75 Å². The number of aromatic hydroxyl groups is 1. The first-order valence-corrected chi connectivity index (χ1v) is 13.6. The third-order valence-electron chi connectivity index (χ3n) is 5.09. The molecule has 33 heavy (non-hydrogen) atoms. The summed E-state index contributed by atoms with van der Waals surface area (Å²) in [7, 11) is -10.3. The lowest BCUT2D eigenvalue weighted by Gasteiger charge is -2.27. The van der Waals surface area contributed by atoms with E-state index in [-0.39, 0.29) is 22.8 Å². The molecule has 0 atom stereocenters. The quantitative estimate of drug-likeness (QED) is 0.568. The van der Waals surface area contributed by atoms with Crippen LogP contribution in [0.2, 0.25) is 0 Å². The Kier molecular flexibility index (Phi) is 6.08. The third kappa shape index (κ3) is 4.33. The van der Waals surface area contributed by atoms with Crippen LogP contribution in [0, 0.1) is 6.92 Å². The second kappa shape index (κ2) is 7.91. The molecule has 0 fully saturated rings. The van der Waals surface area contributed by atoms with Crippen molar-refractivity contribution in [1.82, 2.24) is 0 Å². The number of rotatable bonds is 3. The van der Waals surface area contributed by atoms with E-state index < -0.39 is 40.6 Å². The van der Waals surface area contributed by atoms with Crippen LogP contribution in [-0.4, -0.2) is 39.5 Å². The van der Waals surface area contributed by atoms with Gasteiger partial charge in [0.2, 0.25) is 0 Å². The molecule has 2 aromatic rings. The summed E-state index contributed by atoms with van der Waals surface area (Å²) in [5.41, 5.74) is -5.02. The van der Waals surface area contributed by atoms with Crippen LogP contribution >= 0.6 is 11.8 Å². The number of thioether (sulfide) groups is 1. The van der Waals surface area contributed by atoms with E-state index in [0.29, 0.717) is 23.3 Å². The molecule has 0 unspecified atom stereocenters. The van der Waals surface area contributed by atoms with Gasteiger partial charge in [-0.25, -0.2) is 8.42 Å². The van der Waals surface area contributed by atoms with Crippen LogP contribution in [0.25, 0.3) is 0 Å². The Labute approximate surface area is 194 Å². The molecule has 0 bridgehead atoms. The molecule has 3 rings (SSSR count). The molecule has 1 aliphatic heterocycles. The van der Waals surface area contributed by atoms with Gasteiger partial charge in [-0.3, -0.25) is 0 Å². The van der Waals surface area contributed by atoms with Crippen LogP contribution in [0.4, 0.5) is 18.9 Å². The summed E-state index contributed by atoms with van der Waals surface area (Å²) in [6, 6.07) is 3.82. The number of halogens is 3. The predicted octanol–water partition coefficient (Wildman–Crippen LogP) is 4.57. The zero-order valence-corrected chi connectivity index (χ0v) is 20.6. The van der Waals surface area contributed by atoms with Gasteiger partial charge in [0, 0.05) is 10.5 Å². The molecule has 0 spiro atoms. The first kappa shape index (κ1) is 25.4. The molecule has 180 valence electrons. The summed E-state index contributed by atoms with van der Waals surface area (Å²) >= 11 is 1.39. The Balaban J connectivity index is 2.25. The maximum atomic E-state index is 12.9. The zero-order valence-electron chi connectivity index (χ0n) is 18.2. The number of sulfonamides is 1. The van der Waals surface area contributed by atoms with Crippen molar-refractivity contribution in [3.05, 3.63) is 41.0 Å². The number of sulfone groups is 1. The molecule has 7 nitrogen and oxygen atoms in total. The van der Waals surface area contributed by atoms with Crippen LogP contribution in [0.15, 0.2) is 43.3 Å². The van der Waals surface area contributed by atoms with Gasteiger partial charge >= 0.3 is 5.51 Å². The standard InChI is InChI=1S/C20H21F3N2O5S3/c1-10-14(31-5)9-12(19(2,3)4)17(26)16(10)18-24-13-7-6-11(32(27,28)20(21,22)23)8-15(13)33(29,30)25-18/h6-9,26H,1-5H3,(H,24,25). The fourth-order valence-corrected chi connectivity index (χ4v) is 6.02. The summed E-state index contributed by atoms with van der Waals surface area (Å²) in [6.07, 6.45) is 1.82. The molecule has 0 aromatic heterocycles. The predicted molar refractivity (Wildman–Crippen MR) is 120 cm³/mol. The number of alkyl halides is 3. The molecule has 0 aliphatic carbocycles. The summed E-state index contributed by atoms with van der Waals surface area (Å²) < 4.78 is 91.5. The number of nitrogens with zero attached hydrogens (tertiary/aromatic N) is 1. The van der Waals surface area contributed by atoms with Gasteiger partial charge in [-0.2, -0.15) is 21.6 Å². The summed E-state index contributed by atoms with van der Waals surface area (Å²) in [5, 5.41) is 13.7. The monoisotopic (exact) mass is 522 g/mol. The van der Waals surface area contributed by atoms with Gasteiger partial charge in [-0.15, -0.1) is 16.2 Å². The van der Waals surface area contributed by atoms with Gasteiger partial charge in [0.1, 0.15) is 10.6 Å². The number of phenolic OH excluding ortho intramolecular Hbond substituents is 1. The highest BCUT2D eigenvalue weighted by atomic mass is 32.2. The largest absolute Gasteiger partial charge is 0.507 e. The van der Waals surface area contributed by atoms with Crippen molar-refractivity contribution < 1.29 is 35.1 Å². The molecule has 0 amide bonds. The second-order valence-electron chi connectivity index (χ2n) is 8.37. The lowest BCUT2D eigenvalue weighted by atomic mass is 9.84. The normalized spacial score (nSPS) is 16.1. The molecule has 0 radical (unpaired) electrons. The minimum Gasteiger partial charge on any atom is -0.507 e. The van der Waals surface area contributed by atoms with E-state index in [1.165, 1.54) is 11.8 Å². The van der Waals surface area contributed by atoms with E-state index in [1.807, 2.05) is 27.0 Å². The van der Waals surface area contributed by atoms with Crippen molar-refractivity contribution in [2.75, 3.05) is 11.6 Å². The number of nitrogens with one attached hydrogen (secondary N) is 1. The highest BCUT2D eigenvalue weighted by molar-refractivity contribution is 7.98. The van der Waals surface area contributed by atoms with Crippen molar-refractivity contribution >= 4 is 43.1 Å². The lowest BCUT2D eigenvalue weighted by Crippen LogP contribution is -2.26. The van der Waals surface area contributed by atoms with E-state index >= 15 is 0 Å². The van der Waals surface area contributed by atoms with Crippen LogP contribution in [0.5, 0.6) is 5.75 Å². The molecule has 1 heterocycles. The Morgan fingerprint density at radius 3 is 2.24 bits per heavy atom. The van der Waals surface area contributed by atoms with Crippen LogP contribution in [-0.2, 0) is 25.3 Å². The topological polar surface area (TPSA) is 113 Å². The molecule has 2 N–H and O–H groups in total. The number of fused-ring (bicyclic) bond motifs is 1. The van der Waals surface area contributed by atoms with Crippen molar-refractivity contribution in [2.45, 2.75) is 53.3 Å². The van der Waals surface area contributed by atoms with Crippen molar-refractivity contribution in [1.29, 1.82) is 0 Å². The number of hydrogen-bond acceptors (Lipinski definition) is 7. The van der Waals surface area contributed by atoms with Crippen LogP contribution in [0.3, 0.4) is 0 Å². The maximum Gasteiger partial charge on any atom is 0.501 e. The molecule has 0 saturated heterocycles. The Morgan fingerprint density at radius 1 is 1.12 bits per heavy atom. The minimum absolute atomic E-state index is 0.132. The van der Waals surface area contributed by atoms with Crippen LogP contribution < -0.4 is 5.32 Å².